The van der Waals surface area contributed by atoms with Crippen molar-refractivity contribution in [3.8, 4) is 0 Å². The Kier molecular flexibility index (Phi) is 5.57. The minimum atomic E-state index is -1.02. The van der Waals surface area contributed by atoms with Crippen LogP contribution in [0.3, 0.4) is 0 Å². The maximum Gasteiger partial charge on any atom is 0.304 e. The lowest BCUT2D eigenvalue weighted by atomic mass is 9.83. The van der Waals surface area contributed by atoms with Gasteiger partial charge in [-0.3, -0.25) is 14.9 Å². The molecule has 1 rings (SSSR count). The van der Waals surface area contributed by atoms with Gasteiger partial charge in [-0.25, -0.2) is 0 Å². The van der Waals surface area contributed by atoms with Crippen molar-refractivity contribution in [1.82, 2.24) is 5.32 Å². The largest absolute Gasteiger partial charge is 0.347 e. The molecule has 2 radical (unpaired) electrons. The average molecular weight is 292 g/mol. The number of hydrogen-bond donors (Lipinski definition) is 1. The van der Waals surface area contributed by atoms with Crippen LogP contribution in [0.2, 0.25) is 0 Å². The molecule has 1 amide bonds. The number of halogens is 1. The SMILES string of the molecule is [B]C(=O)[C@H](NC(=O)CC)[C@@H](C)c1ccc([N+](=O)[O-])c(F)c1. The second kappa shape index (κ2) is 6.96. The van der Waals surface area contributed by atoms with Crippen LogP contribution in [0.15, 0.2) is 18.2 Å². The quantitative estimate of drug-likeness (QED) is 0.488. The normalized spacial score (nSPS) is 13.3. The number of nitrogens with one attached hydrogen (secondary N) is 1. The van der Waals surface area contributed by atoms with Crippen molar-refractivity contribution in [2.45, 2.75) is 32.2 Å². The molecule has 21 heavy (non-hydrogen) atoms. The number of nitrogens with zero attached hydrogens (tertiary/aromatic N) is 1. The van der Waals surface area contributed by atoms with Crippen molar-refractivity contribution in [3.63, 3.8) is 0 Å². The Balaban J connectivity index is 3.06. The van der Waals surface area contributed by atoms with Crippen LogP contribution in [0.25, 0.3) is 0 Å². The van der Waals surface area contributed by atoms with Gasteiger partial charge >= 0.3 is 5.69 Å². The highest BCUT2D eigenvalue weighted by Gasteiger charge is 2.26. The third-order valence-corrected chi connectivity index (χ3v) is 3.14. The number of nitro groups is 1. The van der Waals surface area contributed by atoms with Crippen LogP contribution in [0.5, 0.6) is 0 Å². The van der Waals surface area contributed by atoms with Crippen LogP contribution in [-0.2, 0) is 9.59 Å². The lowest BCUT2D eigenvalue weighted by molar-refractivity contribution is -0.387. The van der Waals surface area contributed by atoms with E-state index < -0.39 is 34.1 Å². The summed E-state index contributed by atoms with van der Waals surface area (Å²) >= 11 is 0. The predicted molar refractivity (Wildman–Crippen MR) is 74.5 cm³/mol. The molecule has 0 bridgehead atoms. The van der Waals surface area contributed by atoms with Crippen molar-refractivity contribution in [1.29, 1.82) is 0 Å². The minimum absolute atomic E-state index is 0.172. The molecule has 0 fully saturated rings. The smallest absolute Gasteiger partial charge is 0.304 e. The Morgan fingerprint density at radius 2 is 2.10 bits per heavy atom. The van der Waals surface area contributed by atoms with Crippen LogP contribution >= 0.6 is 0 Å². The first-order valence-corrected chi connectivity index (χ1v) is 6.30. The molecule has 0 saturated heterocycles. The molecule has 0 aliphatic rings. The van der Waals surface area contributed by atoms with Gasteiger partial charge in [-0.15, -0.1) is 0 Å². The molecular weight excluding hydrogens is 278 g/mol. The van der Waals surface area contributed by atoms with Gasteiger partial charge in [-0.2, -0.15) is 4.39 Å². The highest BCUT2D eigenvalue weighted by atomic mass is 19.1. The molecule has 0 aromatic heterocycles. The first-order chi connectivity index (χ1) is 9.77. The van der Waals surface area contributed by atoms with Crippen LogP contribution in [0.1, 0.15) is 31.7 Å². The standard InChI is InChI=1S/C13H14BFN2O4/c1-3-11(18)16-12(13(14)19)7(2)8-4-5-10(17(20)21)9(15)6-8/h4-7,12H,3H2,1-2H3,(H,16,18)/t7-,12+/m0/s1. The fraction of sp³-hybridized carbons (Fsp3) is 0.385. The highest BCUT2D eigenvalue weighted by molar-refractivity contribution is 6.59. The molecule has 0 aliphatic heterocycles. The number of hydrogen-bond acceptors (Lipinski definition) is 4. The molecule has 110 valence electrons. The summed E-state index contributed by atoms with van der Waals surface area (Å²) in [6, 6.07) is 2.30. The number of nitro benzene ring substituents is 1. The van der Waals surface area contributed by atoms with E-state index in [9.17, 15) is 24.1 Å². The molecule has 1 aromatic carbocycles. The molecular formula is C13H14BFN2O4. The van der Waals surface area contributed by atoms with Gasteiger partial charge in [0.25, 0.3) is 0 Å². The topological polar surface area (TPSA) is 89.3 Å². The van der Waals surface area contributed by atoms with E-state index in [1.54, 1.807) is 13.8 Å². The van der Waals surface area contributed by atoms with Gasteiger partial charge in [0.1, 0.15) is 0 Å². The lowest BCUT2D eigenvalue weighted by Crippen LogP contribution is -2.44. The molecule has 8 heteroatoms. The molecule has 6 nitrogen and oxygen atoms in total. The monoisotopic (exact) mass is 292 g/mol. The summed E-state index contributed by atoms with van der Waals surface area (Å²) < 4.78 is 13.6. The van der Waals surface area contributed by atoms with Crippen molar-refractivity contribution < 1.29 is 18.9 Å². The van der Waals surface area contributed by atoms with E-state index in [2.05, 4.69) is 5.32 Å². The van der Waals surface area contributed by atoms with Crippen molar-refractivity contribution in [2.75, 3.05) is 0 Å². The molecule has 0 unspecified atom stereocenters. The summed E-state index contributed by atoms with van der Waals surface area (Å²) in [6.07, 6.45) is 0.172. The third-order valence-electron chi connectivity index (χ3n) is 3.14. The molecule has 0 saturated carbocycles. The molecule has 1 N–H and O–H groups in total. The van der Waals surface area contributed by atoms with E-state index in [1.807, 2.05) is 0 Å². The average Bonchev–Trinajstić information content (AvgIpc) is 2.42. The Labute approximate surface area is 122 Å². The lowest BCUT2D eigenvalue weighted by Gasteiger charge is -2.23. The fourth-order valence-corrected chi connectivity index (χ4v) is 1.86. The van der Waals surface area contributed by atoms with Crippen LogP contribution in [0.4, 0.5) is 10.1 Å². The molecule has 0 spiro atoms. The van der Waals surface area contributed by atoms with E-state index >= 15 is 0 Å². The second-order valence-electron chi connectivity index (χ2n) is 4.56. The Morgan fingerprint density at radius 1 is 1.48 bits per heavy atom. The number of carbonyl (C=O) groups is 2. The van der Waals surface area contributed by atoms with Gasteiger partial charge in [0.2, 0.25) is 11.7 Å². The second-order valence-corrected chi connectivity index (χ2v) is 4.56. The molecule has 0 aliphatic carbocycles. The van der Waals surface area contributed by atoms with Crippen molar-refractivity contribution in [3.05, 3.63) is 39.7 Å². The Morgan fingerprint density at radius 3 is 2.52 bits per heavy atom. The van der Waals surface area contributed by atoms with Crippen LogP contribution in [-0.4, -0.2) is 30.4 Å². The number of carbonyl (C=O) groups excluding carboxylic acids is 2. The first kappa shape index (κ1) is 16.8. The van der Waals surface area contributed by atoms with Gasteiger partial charge in [-0.05, 0) is 11.6 Å². The Hall–Kier alpha value is -2.25. The highest BCUT2D eigenvalue weighted by Crippen LogP contribution is 2.25. The van der Waals surface area contributed by atoms with Gasteiger partial charge in [0, 0.05) is 18.4 Å². The zero-order valence-electron chi connectivity index (χ0n) is 11.6. The Bertz CT molecular complexity index is 579. The van der Waals surface area contributed by atoms with Crippen molar-refractivity contribution >= 4 is 25.1 Å². The third kappa shape index (κ3) is 4.11. The number of amides is 1. The molecule has 2 atom stereocenters. The van der Waals surface area contributed by atoms with E-state index in [0.717, 1.165) is 12.1 Å². The number of benzene rings is 1. The maximum atomic E-state index is 13.6. The van der Waals surface area contributed by atoms with Gasteiger partial charge in [0.15, 0.2) is 7.85 Å². The van der Waals surface area contributed by atoms with Crippen molar-refractivity contribution in [2.24, 2.45) is 0 Å². The van der Waals surface area contributed by atoms with Gasteiger partial charge < -0.3 is 10.1 Å². The van der Waals surface area contributed by atoms with E-state index in [0.29, 0.717) is 5.56 Å². The summed E-state index contributed by atoms with van der Waals surface area (Å²) in [5.74, 6) is -1.99. The molecule has 1 aromatic rings. The molecule has 0 heterocycles. The van der Waals surface area contributed by atoms with E-state index in [4.69, 9.17) is 7.85 Å². The van der Waals surface area contributed by atoms with Crippen LogP contribution in [0, 0.1) is 15.9 Å². The summed E-state index contributed by atoms with van der Waals surface area (Å²) in [5.41, 5.74) is -1.08. The summed E-state index contributed by atoms with van der Waals surface area (Å²) in [7, 11) is 5.24. The zero-order chi connectivity index (χ0) is 16.2. The number of rotatable bonds is 6. The maximum absolute atomic E-state index is 13.6. The summed E-state index contributed by atoms with van der Waals surface area (Å²) in [5, 5.41) is 13.0. The predicted octanol–water partition coefficient (Wildman–Crippen LogP) is 1.43. The van der Waals surface area contributed by atoms with E-state index in [1.165, 1.54) is 6.07 Å². The first-order valence-electron chi connectivity index (χ1n) is 6.30. The fourth-order valence-electron chi connectivity index (χ4n) is 1.86. The summed E-state index contributed by atoms with van der Waals surface area (Å²) in [6.45, 7) is 3.19. The summed E-state index contributed by atoms with van der Waals surface area (Å²) in [4.78, 5) is 32.5. The van der Waals surface area contributed by atoms with Gasteiger partial charge in [-0.1, -0.05) is 19.9 Å². The zero-order valence-corrected chi connectivity index (χ0v) is 11.6. The van der Waals surface area contributed by atoms with Crippen LogP contribution < -0.4 is 5.32 Å². The minimum Gasteiger partial charge on any atom is -0.347 e. The van der Waals surface area contributed by atoms with Gasteiger partial charge in [0.05, 0.1) is 16.6 Å². The van der Waals surface area contributed by atoms with E-state index in [-0.39, 0.29) is 12.3 Å².